The first-order chi connectivity index (χ1) is 14.9. The molecule has 1 fully saturated rings. The molecule has 178 valence electrons. The van der Waals surface area contributed by atoms with Gasteiger partial charge in [-0.15, -0.1) is 34.2 Å². The van der Waals surface area contributed by atoms with Gasteiger partial charge in [-0.25, -0.2) is 13.8 Å². The molecule has 1 aliphatic heterocycles. The van der Waals surface area contributed by atoms with Crippen LogP contribution in [-0.4, -0.2) is 65.0 Å². The second kappa shape index (κ2) is 13.0. The van der Waals surface area contributed by atoms with E-state index in [0.717, 1.165) is 57.0 Å². The predicted molar refractivity (Wildman–Crippen MR) is 130 cm³/mol. The van der Waals surface area contributed by atoms with Gasteiger partial charge in [-0.2, -0.15) is 0 Å². The van der Waals surface area contributed by atoms with Gasteiger partial charge in [0.15, 0.2) is 11.8 Å². The van der Waals surface area contributed by atoms with Crippen LogP contribution < -0.4 is 10.6 Å². The lowest BCUT2D eigenvalue weighted by Crippen LogP contribution is -2.41. The molecule has 2 heterocycles. The van der Waals surface area contributed by atoms with E-state index in [0.29, 0.717) is 24.6 Å². The second-order valence-electron chi connectivity index (χ2n) is 7.65. The molecule has 0 saturated carbocycles. The van der Waals surface area contributed by atoms with Gasteiger partial charge in [-0.1, -0.05) is 6.07 Å². The average Bonchev–Trinajstić information content (AvgIpc) is 3.07. The second-order valence-corrected chi connectivity index (χ2v) is 7.65. The fourth-order valence-electron chi connectivity index (χ4n) is 3.36. The molecule has 11 heteroatoms. The molecular formula is C21H32F2IN7O. The van der Waals surface area contributed by atoms with Crippen LogP contribution in [0.1, 0.15) is 36.6 Å². The molecule has 1 aromatic carbocycles. The van der Waals surface area contributed by atoms with Crippen LogP contribution in [0.5, 0.6) is 0 Å². The van der Waals surface area contributed by atoms with Gasteiger partial charge < -0.3 is 19.9 Å². The fourth-order valence-corrected chi connectivity index (χ4v) is 3.36. The van der Waals surface area contributed by atoms with Gasteiger partial charge in [-0.05, 0) is 32.9 Å². The maximum absolute atomic E-state index is 14.2. The molecule has 3 rings (SSSR count). The average molecular weight is 563 g/mol. The minimum absolute atomic E-state index is 0. The summed E-state index contributed by atoms with van der Waals surface area (Å²) in [6.07, 6.45) is 0.934. The van der Waals surface area contributed by atoms with E-state index >= 15 is 0 Å². The lowest BCUT2D eigenvalue weighted by atomic mass is 10.1. The first-order valence-corrected chi connectivity index (χ1v) is 10.6. The van der Waals surface area contributed by atoms with E-state index in [1.807, 2.05) is 25.5 Å². The highest BCUT2D eigenvalue weighted by atomic mass is 127. The number of aryl methyl sites for hydroxylation is 1. The molecule has 0 bridgehead atoms. The lowest BCUT2D eigenvalue weighted by Gasteiger charge is -2.26. The maximum atomic E-state index is 14.2. The molecule has 1 aliphatic rings. The van der Waals surface area contributed by atoms with Crippen molar-refractivity contribution in [2.45, 2.75) is 32.9 Å². The highest BCUT2D eigenvalue weighted by Gasteiger charge is 2.14. The Hall–Kier alpha value is -1.86. The summed E-state index contributed by atoms with van der Waals surface area (Å²) < 4.78 is 34.7. The Kier molecular flexibility index (Phi) is 10.7. The zero-order valence-corrected chi connectivity index (χ0v) is 21.1. The number of morpholine rings is 1. The van der Waals surface area contributed by atoms with Crippen molar-refractivity contribution in [3.63, 3.8) is 0 Å². The van der Waals surface area contributed by atoms with E-state index in [1.165, 1.54) is 12.1 Å². The zero-order valence-electron chi connectivity index (χ0n) is 18.8. The summed E-state index contributed by atoms with van der Waals surface area (Å²) >= 11 is 0. The molecule has 2 N–H and O–H groups in total. The van der Waals surface area contributed by atoms with Crippen molar-refractivity contribution in [2.75, 3.05) is 39.4 Å². The molecule has 1 aromatic heterocycles. The minimum Gasteiger partial charge on any atom is -0.379 e. The van der Waals surface area contributed by atoms with Crippen molar-refractivity contribution in [3.05, 3.63) is 47.0 Å². The van der Waals surface area contributed by atoms with Gasteiger partial charge in [-0.3, -0.25) is 4.90 Å². The summed E-state index contributed by atoms with van der Waals surface area (Å²) in [5, 5.41) is 14.7. The molecule has 1 saturated heterocycles. The first-order valence-electron chi connectivity index (χ1n) is 10.6. The molecule has 0 amide bonds. The van der Waals surface area contributed by atoms with Gasteiger partial charge >= 0.3 is 0 Å². The SMILES string of the molecule is Cc1nnc(CN=C(NCCCN2CCOCC2)NC(C)c2ccc(F)cc2F)n1C.I. The third-order valence-electron chi connectivity index (χ3n) is 5.39. The van der Waals surface area contributed by atoms with Gasteiger partial charge in [0.05, 0.1) is 19.3 Å². The number of rotatable bonds is 8. The normalized spacial score (nSPS) is 15.8. The van der Waals surface area contributed by atoms with Crippen LogP contribution >= 0.6 is 24.0 Å². The van der Waals surface area contributed by atoms with Crippen LogP contribution in [0.3, 0.4) is 0 Å². The van der Waals surface area contributed by atoms with E-state index in [9.17, 15) is 8.78 Å². The summed E-state index contributed by atoms with van der Waals surface area (Å²) in [6, 6.07) is 3.20. The van der Waals surface area contributed by atoms with E-state index < -0.39 is 17.7 Å². The van der Waals surface area contributed by atoms with Crippen molar-refractivity contribution in [1.29, 1.82) is 0 Å². The monoisotopic (exact) mass is 563 g/mol. The van der Waals surface area contributed by atoms with Gasteiger partial charge in [0, 0.05) is 38.3 Å². The molecule has 1 atom stereocenters. The van der Waals surface area contributed by atoms with Crippen molar-refractivity contribution >= 4 is 29.9 Å². The molecule has 0 spiro atoms. The lowest BCUT2D eigenvalue weighted by molar-refractivity contribution is 0.0376. The van der Waals surface area contributed by atoms with E-state index in [1.54, 1.807) is 0 Å². The van der Waals surface area contributed by atoms with Crippen LogP contribution in [0.25, 0.3) is 0 Å². The summed E-state index contributed by atoms with van der Waals surface area (Å²) in [7, 11) is 1.89. The van der Waals surface area contributed by atoms with Crippen molar-refractivity contribution in [2.24, 2.45) is 12.0 Å². The van der Waals surface area contributed by atoms with E-state index in [-0.39, 0.29) is 24.0 Å². The van der Waals surface area contributed by atoms with Crippen molar-refractivity contribution in [1.82, 2.24) is 30.3 Å². The predicted octanol–water partition coefficient (Wildman–Crippen LogP) is 2.54. The number of nitrogens with zero attached hydrogens (tertiary/aromatic N) is 5. The Morgan fingerprint density at radius 3 is 2.66 bits per heavy atom. The highest BCUT2D eigenvalue weighted by molar-refractivity contribution is 14.0. The number of guanidine groups is 1. The molecule has 2 aromatic rings. The molecule has 8 nitrogen and oxygen atoms in total. The topological polar surface area (TPSA) is 79.6 Å². The van der Waals surface area contributed by atoms with Gasteiger partial charge in [0.2, 0.25) is 0 Å². The fraction of sp³-hybridized carbons (Fsp3) is 0.571. The molecule has 0 aliphatic carbocycles. The summed E-state index contributed by atoms with van der Waals surface area (Å²) in [5.41, 5.74) is 0.374. The van der Waals surface area contributed by atoms with Crippen molar-refractivity contribution < 1.29 is 13.5 Å². The summed E-state index contributed by atoms with van der Waals surface area (Å²) in [4.78, 5) is 6.98. The van der Waals surface area contributed by atoms with Gasteiger partial charge in [0.25, 0.3) is 0 Å². The largest absolute Gasteiger partial charge is 0.379 e. The van der Waals surface area contributed by atoms with Crippen LogP contribution in [0.2, 0.25) is 0 Å². The number of ether oxygens (including phenoxy) is 1. The van der Waals surface area contributed by atoms with Crippen LogP contribution in [0.15, 0.2) is 23.2 Å². The van der Waals surface area contributed by atoms with Crippen LogP contribution in [-0.2, 0) is 18.3 Å². The minimum atomic E-state index is -0.596. The van der Waals surface area contributed by atoms with Crippen molar-refractivity contribution in [3.8, 4) is 0 Å². The smallest absolute Gasteiger partial charge is 0.192 e. The number of benzene rings is 1. The standard InChI is InChI=1S/C21H31F2N7O.HI/c1-15(18-6-5-17(22)13-19(18)23)26-21(25-14-20-28-27-16(2)29(20)3)24-7-4-8-30-9-11-31-12-10-30;/h5-6,13,15H,4,7-12,14H2,1-3H3,(H2,24,25,26);1H. The quantitative estimate of drug-likeness (QED) is 0.223. The third kappa shape index (κ3) is 7.62. The molecule has 0 radical (unpaired) electrons. The van der Waals surface area contributed by atoms with E-state index in [2.05, 4.69) is 30.7 Å². The third-order valence-corrected chi connectivity index (χ3v) is 5.39. The Morgan fingerprint density at radius 2 is 2.00 bits per heavy atom. The molecule has 1 unspecified atom stereocenters. The van der Waals surface area contributed by atoms with Gasteiger partial charge in [0.1, 0.15) is 24.0 Å². The number of aromatic nitrogens is 3. The Bertz CT molecular complexity index is 887. The Labute approximate surface area is 204 Å². The number of aliphatic imine (C=N–C) groups is 1. The number of halogens is 3. The van der Waals surface area contributed by atoms with Crippen LogP contribution in [0.4, 0.5) is 8.78 Å². The zero-order chi connectivity index (χ0) is 22.2. The number of hydrogen-bond acceptors (Lipinski definition) is 5. The summed E-state index contributed by atoms with van der Waals surface area (Å²) in [5.74, 6) is 0.892. The molecular weight excluding hydrogens is 531 g/mol. The maximum Gasteiger partial charge on any atom is 0.192 e. The summed E-state index contributed by atoms with van der Waals surface area (Å²) in [6.45, 7) is 9.15. The number of nitrogens with one attached hydrogen (secondary N) is 2. The molecule has 32 heavy (non-hydrogen) atoms. The van der Waals surface area contributed by atoms with E-state index in [4.69, 9.17) is 4.74 Å². The Balaban J connectivity index is 0.00000363. The first kappa shape index (κ1) is 26.4. The van der Waals surface area contributed by atoms with Crippen LogP contribution in [0, 0.1) is 18.6 Å². The Morgan fingerprint density at radius 1 is 1.25 bits per heavy atom. The number of hydrogen-bond donors (Lipinski definition) is 2. The highest BCUT2D eigenvalue weighted by Crippen LogP contribution is 2.17.